The molecule has 114 valence electrons. The Hall–Kier alpha value is -1.79. The Morgan fingerprint density at radius 2 is 2.24 bits per heavy atom. The fourth-order valence-electron chi connectivity index (χ4n) is 2.84. The third-order valence-electron chi connectivity index (χ3n) is 3.78. The monoisotopic (exact) mass is 292 g/mol. The number of hydrogen-bond donors (Lipinski definition) is 2. The van der Waals surface area contributed by atoms with E-state index in [-0.39, 0.29) is 19.2 Å². The standard InChI is InChI=1S/C15H20N2O4/c1-15(19)5-2-6-17(9-15)8-14(18)16-11-3-4-12-13(7-11)21-10-20-12/h3-4,7,19H,2,5-6,8-10H2,1H3,(H,16,18). The molecule has 2 aliphatic rings. The van der Waals surface area contributed by atoms with Crippen molar-refractivity contribution in [3.8, 4) is 11.5 Å². The van der Waals surface area contributed by atoms with Gasteiger partial charge in [-0.15, -0.1) is 0 Å². The summed E-state index contributed by atoms with van der Waals surface area (Å²) in [4.78, 5) is 14.1. The van der Waals surface area contributed by atoms with E-state index >= 15 is 0 Å². The van der Waals surface area contributed by atoms with Gasteiger partial charge in [0.1, 0.15) is 0 Å². The lowest BCUT2D eigenvalue weighted by Gasteiger charge is -2.36. The molecule has 6 heteroatoms. The summed E-state index contributed by atoms with van der Waals surface area (Å²) >= 11 is 0. The summed E-state index contributed by atoms with van der Waals surface area (Å²) < 4.78 is 10.5. The number of amides is 1. The highest BCUT2D eigenvalue weighted by Gasteiger charge is 2.29. The molecule has 2 N–H and O–H groups in total. The summed E-state index contributed by atoms with van der Waals surface area (Å²) in [5.41, 5.74) is -0.00916. The van der Waals surface area contributed by atoms with Crippen molar-refractivity contribution in [1.82, 2.24) is 4.90 Å². The van der Waals surface area contributed by atoms with Crippen LogP contribution in [-0.2, 0) is 4.79 Å². The second kappa shape index (κ2) is 5.54. The molecule has 6 nitrogen and oxygen atoms in total. The molecule has 0 radical (unpaired) electrons. The third-order valence-corrected chi connectivity index (χ3v) is 3.78. The van der Waals surface area contributed by atoms with E-state index in [4.69, 9.17) is 9.47 Å². The molecule has 21 heavy (non-hydrogen) atoms. The lowest BCUT2D eigenvalue weighted by molar-refractivity contribution is -0.118. The SMILES string of the molecule is CC1(O)CCCN(CC(=O)Nc2ccc3c(c2)OCO3)C1. The van der Waals surface area contributed by atoms with Crippen LogP contribution >= 0.6 is 0 Å². The first kappa shape index (κ1) is 14.2. The number of rotatable bonds is 3. The Morgan fingerprint density at radius 1 is 1.43 bits per heavy atom. The molecule has 0 spiro atoms. The van der Waals surface area contributed by atoms with E-state index in [2.05, 4.69) is 5.32 Å². The molecule has 3 rings (SSSR count). The number of carbonyl (C=O) groups excluding carboxylic acids is 1. The summed E-state index contributed by atoms with van der Waals surface area (Å²) in [5, 5.41) is 12.9. The topological polar surface area (TPSA) is 71.0 Å². The average molecular weight is 292 g/mol. The number of likely N-dealkylation sites (tertiary alicyclic amines) is 1. The van der Waals surface area contributed by atoms with Gasteiger partial charge in [0.2, 0.25) is 12.7 Å². The Balaban J connectivity index is 1.57. The van der Waals surface area contributed by atoms with Crippen LogP contribution in [0, 0.1) is 0 Å². The maximum atomic E-state index is 12.1. The van der Waals surface area contributed by atoms with Gasteiger partial charge in [-0.05, 0) is 38.4 Å². The van der Waals surface area contributed by atoms with Crippen LogP contribution in [-0.4, -0.2) is 47.9 Å². The van der Waals surface area contributed by atoms with Crippen LogP contribution < -0.4 is 14.8 Å². The first-order valence-electron chi connectivity index (χ1n) is 7.16. The molecule has 1 atom stereocenters. The lowest BCUT2D eigenvalue weighted by Crippen LogP contribution is -2.48. The minimum Gasteiger partial charge on any atom is -0.454 e. The Kier molecular flexibility index (Phi) is 3.73. The van der Waals surface area contributed by atoms with Crippen molar-refractivity contribution in [2.45, 2.75) is 25.4 Å². The van der Waals surface area contributed by atoms with Crippen LogP contribution in [0.3, 0.4) is 0 Å². The number of benzene rings is 1. The number of hydrogen-bond acceptors (Lipinski definition) is 5. The Bertz CT molecular complexity index is 544. The van der Waals surface area contributed by atoms with Crippen LogP contribution in [0.25, 0.3) is 0 Å². The van der Waals surface area contributed by atoms with Crippen molar-refractivity contribution in [3.63, 3.8) is 0 Å². The number of nitrogens with one attached hydrogen (secondary N) is 1. The quantitative estimate of drug-likeness (QED) is 0.876. The second-order valence-corrected chi connectivity index (χ2v) is 5.93. The predicted octanol–water partition coefficient (Wildman–Crippen LogP) is 1.20. The molecule has 1 unspecified atom stereocenters. The molecule has 2 aliphatic heterocycles. The van der Waals surface area contributed by atoms with E-state index in [9.17, 15) is 9.90 Å². The Morgan fingerprint density at radius 3 is 3.05 bits per heavy atom. The zero-order chi connectivity index (χ0) is 14.9. The second-order valence-electron chi connectivity index (χ2n) is 5.93. The van der Waals surface area contributed by atoms with Crippen LogP contribution in [0.1, 0.15) is 19.8 Å². The van der Waals surface area contributed by atoms with Crippen LogP contribution in [0.2, 0.25) is 0 Å². The smallest absolute Gasteiger partial charge is 0.238 e. The molecule has 0 aromatic heterocycles. The molecular formula is C15H20N2O4. The van der Waals surface area contributed by atoms with E-state index < -0.39 is 5.60 Å². The highest BCUT2D eigenvalue weighted by atomic mass is 16.7. The first-order valence-corrected chi connectivity index (χ1v) is 7.16. The number of aliphatic hydroxyl groups is 1. The van der Waals surface area contributed by atoms with Gasteiger partial charge in [0.05, 0.1) is 12.1 Å². The first-order chi connectivity index (χ1) is 10.0. The normalized spacial score (nSPS) is 24.9. The molecule has 1 aromatic rings. The van der Waals surface area contributed by atoms with Gasteiger partial charge in [-0.1, -0.05) is 0 Å². The van der Waals surface area contributed by atoms with E-state index in [1.807, 2.05) is 11.8 Å². The van der Waals surface area contributed by atoms with E-state index in [0.717, 1.165) is 19.4 Å². The maximum absolute atomic E-state index is 12.1. The molecule has 2 heterocycles. The average Bonchev–Trinajstić information content (AvgIpc) is 2.84. The van der Waals surface area contributed by atoms with Crippen LogP contribution in [0.15, 0.2) is 18.2 Å². The summed E-state index contributed by atoms with van der Waals surface area (Å²) in [6.45, 7) is 3.68. The summed E-state index contributed by atoms with van der Waals surface area (Å²) in [6, 6.07) is 5.33. The predicted molar refractivity (Wildman–Crippen MR) is 77.5 cm³/mol. The number of anilines is 1. The van der Waals surface area contributed by atoms with Gasteiger partial charge in [-0.2, -0.15) is 0 Å². The van der Waals surface area contributed by atoms with Gasteiger partial charge in [0.15, 0.2) is 11.5 Å². The molecule has 1 fully saturated rings. The van der Waals surface area contributed by atoms with Gasteiger partial charge >= 0.3 is 0 Å². The number of piperidine rings is 1. The highest BCUT2D eigenvalue weighted by Crippen LogP contribution is 2.34. The van der Waals surface area contributed by atoms with Crippen molar-refractivity contribution < 1.29 is 19.4 Å². The largest absolute Gasteiger partial charge is 0.454 e. The fourth-order valence-corrected chi connectivity index (χ4v) is 2.84. The van der Waals surface area contributed by atoms with Crippen molar-refractivity contribution in [1.29, 1.82) is 0 Å². The number of carbonyl (C=O) groups is 1. The molecule has 1 amide bonds. The van der Waals surface area contributed by atoms with Gasteiger partial charge in [-0.25, -0.2) is 0 Å². The zero-order valence-electron chi connectivity index (χ0n) is 12.1. The van der Waals surface area contributed by atoms with Gasteiger partial charge in [-0.3, -0.25) is 9.69 Å². The van der Waals surface area contributed by atoms with Gasteiger partial charge in [0.25, 0.3) is 0 Å². The molecule has 0 bridgehead atoms. The summed E-state index contributed by atoms with van der Waals surface area (Å²) in [7, 11) is 0. The third kappa shape index (κ3) is 3.46. The number of nitrogens with zero attached hydrogens (tertiary/aromatic N) is 1. The molecule has 1 aromatic carbocycles. The lowest BCUT2D eigenvalue weighted by atomic mass is 9.95. The van der Waals surface area contributed by atoms with E-state index in [1.165, 1.54) is 0 Å². The molecule has 0 aliphatic carbocycles. The summed E-state index contributed by atoms with van der Waals surface area (Å²) in [6.07, 6.45) is 1.69. The Labute approximate surface area is 123 Å². The van der Waals surface area contributed by atoms with E-state index in [1.54, 1.807) is 18.2 Å². The highest BCUT2D eigenvalue weighted by molar-refractivity contribution is 5.92. The maximum Gasteiger partial charge on any atom is 0.238 e. The van der Waals surface area contributed by atoms with Crippen LogP contribution in [0.5, 0.6) is 11.5 Å². The van der Waals surface area contributed by atoms with Crippen molar-refractivity contribution in [2.75, 3.05) is 31.7 Å². The van der Waals surface area contributed by atoms with Crippen molar-refractivity contribution in [2.24, 2.45) is 0 Å². The van der Waals surface area contributed by atoms with Gasteiger partial charge < -0.3 is 19.9 Å². The van der Waals surface area contributed by atoms with E-state index in [0.29, 0.717) is 23.7 Å². The minimum absolute atomic E-state index is 0.0911. The van der Waals surface area contributed by atoms with Gasteiger partial charge in [0, 0.05) is 18.3 Å². The van der Waals surface area contributed by atoms with Crippen molar-refractivity contribution >= 4 is 11.6 Å². The number of β-amino-alcohol motifs (C(OH)–C–C–N with tert-alkyl or cyclic N) is 1. The summed E-state index contributed by atoms with van der Waals surface area (Å²) in [5.74, 6) is 1.25. The minimum atomic E-state index is -0.697. The fraction of sp³-hybridized carbons (Fsp3) is 0.533. The van der Waals surface area contributed by atoms with Crippen LogP contribution in [0.4, 0.5) is 5.69 Å². The molecular weight excluding hydrogens is 272 g/mol. The van der Waals surface area contributed by atoms with Crippen molar-refractivity contribution in [3.05, 3.63) is 18.2 Å². The zero-order valence-corrected chi connectivity index (χ0v) is 12.1. The molecule has 1 saturated heterocycles. The molecule has 0 saturated carbocycles. The number of ether oxygens (including phenoxy) is 2. The number of fused-ring (bicyclic) bond motifs is 1.